The Morgan fingerprint density at radius 1 is 1.28 bits per heavy atom. The second-order valence-corrected chi connectivity index (χ2v) is 4.89. The van der Waals surface area contributed by atoms with Gasteiger partial charge in [0.25, 0.3) is 0 Å². The van der Waals surface area contributed by atoms with Crippen molar-refractivity contribution in [2.45, 2.75) is 51.5 Å². The summed E-state index contributed by atoms with van der Waals surface area (Å²) in [7, 11) is 0. The fourth-order valence-electron chi connectivity index (χ4n) is 2.30. The molecule has 5 heteroatoms. The van der Waals surface area contributed by atoms with Crippen molar-refractivity contribution in [2.24, 2.45) is 0 Å². The summed E-state index contributed by atoms with van der Waals surface area (Å²) < 4.78 is 0. The second kappa shape index (κ2) is 6.42. The lowest BCUT2D eigenvalue weighted by Crippen LogP contribution is -2.18. The van der Waals surface area contributed by atoms with Crippen molar-refractivity contribution in [3.8, 4) is 0 Å². The van der Waals surface area contributed by atoms with Crippen molar-refractivity contribution in [1.82, 2.24) is 9.97 Å². The number of nitrogens with zero attached hydrogens (tertiary/aromatic N) is 2. The first-order valence-corrected chi connectivity index (χ1v) is 6.92. The standard InChI is InChI=1S/C13H23N5/c1-2-3-8-15-12-11(14)13(17-9-16-12)18-10-6-4-5-7-10/h9-10H,2-8,14H2,1H3,(H2,15,16,17,18). The maximum Gasteiger partial charge on any atom is 0.155 e. The summed E-state index contributed by atoms with van der Waals surface area (Å²) in [6, 6.07) is 0.519. The Hall–Kier alpha value is -1.52. The first-order chi connectivity index (χ1) is 8.81. The van der Waals surface area contributed by atoms with Gasteiger partial charge in [-0.3, -0.25) is 0 Å². The van der Waals surface area contributed by atoms with Gasteiger partial charge in [-0.1, -0.05) is 26.2 Å². The van der Waals surface area contributed by atoms with Crippen LogP contribution in [0.15, 0.2) is 6.33 Å². The van der Waals surface area contributed by atoms with Crippen molar-refractivity contribution in [3.05, 3.63) is 6.33 Å². The van der Waals surface area contributed by atoms with E-state index in [0.29, 0.717) is 11.7 Å². The lowest BCUT2D eigenvalue weighted by Gasteiger charge is -2.16. The molecule has 5 nitrogen and oxygen atoms in total. The van der Waals surface area contributed by atoms with Crippen molar-refractivity contribution >= 4 is 17.3 Å². The zero-order valence-corrected chi connectivity index (χ0v) is 11.1. The molecule has 0 saturated heterocycles. The maximum absolute atomic E-state index is 6.09. The van der Waals surface area contributed by atoms with Gasteiger partial charge in [0.15, 0.2) is 11.6 Å². The van der Waals surface area contributed by atoms with E-state index < -0.39 is 0 Å². The third kappa shape index (κ3) is 3.24. The van der Waals surface area contributed by atoms with Crippen molar-refractivity contribution < 1.29 is 0 Å². The monoisotopic (exact) mass is 249 g/mol. The maximum atomic E-state index is 6.09. The van der Waals surface area contributed by atoms with E-state index in [1.807, 2.05) is 0 Å². The highest BCUT2D eigenvalue weighted by Crippen LogP contribution is 2.27. The molecule has 1 saturated carbocycles. The number of nitrogens with two attached hydrogens (primary N) is 1. The van der Waals surface area contributed by atoms with Gasteiger partial charge in [-0.25, -0.2) is 9.97 Å². The van der Waals surface area contributed by atoms with Crippen LogP contribution in [0.3, 0.4) is 0 Å². The average Bonchev–Trinajstić information content (AvgIpc) is 2.87. The third-order valence-electron chi connectivity index (χ3n) is 3.40. The summed E-state index contributed by atoms with van der Waals surface area (Å²) in [5.41, 5.74) is 6.73. The van der Waals surface area contributed by atoms with E-state index in [-0.39, 0.29) is 0 Å². The van der Waals surface area contributed by atoms with E-state index in [9.17, 15) is 0 Å². The minimum atomic E-state index is 0.519. The Morgan fingerprint density at radius 2 is 2.00 bits per heavy atom. The molecule has 1 aromatic rings. The van der Waals surface area contributed by atoms with E-state index in [0.717, 1.165) is 31.0 Å². The molecule has 1 aliphatic carbocycles. The molecule has 2 rings (SSSR count). The molecule has 4 N–H and O–H groups in total. The molecule has 0 unspecified atom stereocenters. The van der Waals surface area contributed by atoms with Gasteiger partial charge < -0.3 is 16.4 Å². The van der Waals surface area contributed by atoms with Crippen molar-refractivity contribution in [1.29, 1.82) is 0 Å². The molecule has 0 amide bonds. The zero-order valence-electron chi connectivity index (χ0n) is 11.1. The molecule has 0 spiro atoms. The minimum absolute atomic E-state index is 0.519. The van der Waals surface area contributed by atoms with E-state index in [1.165, 1.54) is 25.7 Å². The van der Waals surface area contributed by atoms with Crippen LogP contribution in [-0.2, 0) is 0 Å². The zero-order chi connectivity index (χ0) is 12.8. The molecule has 1 aliphatic rings. The second-order valence-electron chi connectivity index (χ2n) is 4.89. The van der Waals surface area contributed by atoms with Crippen LogP contribution < -0.4 is 16.4 Å². The summed E-state index contributed by atoms with van der Waals surface area (Å²) in [5, 5.41) is 6.69. The molecule has 0 bridgehead atoms. The van der Waals surface area contributed by atoms with Crippen LogP contribution in [0.2, 0.25) is 0 Å². The summed E-state index contributed by atoms with van der Waals surface area (Å²) in [5.74, 6) is 1.52. The number of nitrogens with one attached hydrogen (secondary N) is 2. The van der Waals surface area contributed by atoms with Crippen LogP contribution in [0.4, 0.5) is 17.3 Å². The molecule has 18 heavy (non-hydrogen) atoms. The number of anilines is 3. The molecular weight excluding hydrogens is 226 g/mol. The molecule has 0 radical (unpaired) electrons. The van der Waals surface area contributed by atoms with Crippen molar-refractivity contribution in [2.75, 3.05) is 22.9 Å². The SMILES string of the molecule is CCCCNc1ncnc(NC2CCCC2)c1N. The highest BCUT2D eigenvalue weighted by molar-refractivity contribution is 5.74. The van der Waals surface area contributed by atoms with Crippen LogP contribution in [0.1, 0.15) is 45.4 Å². The largest absolute Gasteiger partial charge is 0.393 e. The van der Waals surface area contributed by atoms with Crippen LogP contribution in [0.25, 0.3) is 0 Å². The van der Waals surface area contributed by atoms with Gasteiger partial charge in [-0.2, -0.15) is 0 Å². The average molecular weight is 249 g/mol. The van der Waals surface area contributed by atoms with Crippen LogP contribution >= 0.6 is 0 Å². The van der Waals surface area contributed by atoms with Gasteiger partial charge in [0.05, 0.1) is 0 Å². The van der Waals surface area contributed by atoms with Gasteiger partial charge in [-0.05, 0) is 19.3 Å². The van der Waals surface area contributed by atoms with Crippen LogP contribution in [0, 0.1) is 0 Å². The molecule has 1 aromatic heterocycles. The van der Waals surface area contributed by atoms with E-state index in [4.69, 9.17) is 5.73 Å². The number of hydrogen-bond acceptors (Lipinski definition) is 5. The number of nitrogen functional groups attached to an aromatic ring is 1. The van der Waals surface area contributed by atoms with E-state index in [2.05, 4.69) is 27.5 Å². The molecule has 0 aliphatic heterocycles. The Balaban J connectivity index is 1.99. The predicted molar refractivity (Wildman–Crippen MR) is 75.7 cm³/mol. The highest BCUT2D eigenvalue weighted by Gasteiger charge is 2.17. The summed E-state index contributed by atoms with van der Waals surface area (Å²) in [6.45, 7) is 3.07. The lowest BCUT2D eigenvalue weighted by molar-refractivity contribution is 0.750. The Labute approximate surface area is 109 Å². The molecule has 1 heterocycles. The quantitative estimate of drug-likeness (QED) is 0.676. The molecular formula is C13H23N5. The number of hydrogen-bond donors (Lipinski definition) is 3. The predicted octanol–water partition coefficient (Wildman–Crippen LogP) is 2.63. The summed E-state index contributed by atoms with van der Waals surface area (Å²) >= 11 is 0. The fourth-order valence-corrected chi connectivity index (χ4v) is 2.30. The van der Waals surface area contributed by atoms with Gasteiger partial charge in [0, 0.05) is 12.6 Å². The molecule has 0 aromatic carbocycles. The summed E-state index contributed by atoms with van der Waals surface area (Å²) in [6.07, 6.45) is 8.86. The number of rotatable bonds is 6. The van der Waals surface area contributed by atoms with Gasteiger partial charge >= 0.3 is 0 Å². The van der Waals surface area contributed by atoms with Crippen LogP contribution in [-0.4, -0.2) is 22.6 Å². The van der Waals surface area contributed by atoms with Gasteiger partial charge in [-0.15, -0.1) is 0 Å². The molecule has 100 valence electrons. The Kier molecular flexibility index (Phi) is 4.61. The highest BCUT2D eigenvalue weighted by atomic mass is 15.1. The summed E-state index contributed by atoms with van der Waals surface area (Å²) in [4.78, 5) is 8.44. The van der Waals surface area contributed by atoms with Crippen LogP contribution in [0.5, 0.6) is 0 Å². The smallest absolute Gasteiger partial charge is 0.155 e. The Morgan fingerprint density at radius 3 is 2.72 bits per heavy atom. The first-order valence-electron chi connectivity index (χ1n) is 6.92. The van der Waals surface area contributed by atoms with Crippen molar-refractivity contribution in [3.63, 3.8) is 0 Å². The topological polar surface area (TPSA) is 75.9 Å². The van der Waals surface area contributed by atoms with E-state index in [1.54, 1.807) is 6.33 Å². The fraction of sp³-hybridized carbons (Fsp3) is 0.692. The lowest BCUT2D eigenvalue weighted by atomic mass is 10.2. The minimum Gasteiger partial charge on any atom is -0.393 e. The normalized spacial score (nSPS) is 15.8. The third-order valence-corrected chi connectivity index (χ3v) is 3.40. The first kappa shape index (κ1) is 12.9. The van der Waals surface area contributed by atoms with E-state index >= 15 is 0 Å². The molecule has 1 fully saturated rings. The molecule has 0 atom stereocenters. The Bertz CT molecular complexity index is 374. The van der Waals surface area contributed by atoms with Gasteiger partial charge in [0.1, 0.15) is 12.0 Å². The van der Waals surface area contributed by atoms with Gasteiger partial charge in [0.2, 0.25) is 0 Å². The number of unbranched alkanes of at least 4 members (excludes halogenated alkanes) is 1. The number of aromatic nitrogens is 2.